The van der Waals surface area contributed by atoms with Crippen LogP contribution in [0.25, 0.3) is 22.3 Å². The maximum absolute atomic E-state index is 13.8. The molecule has 264 valence electrons. The average molecular weight is 753 g/mol. The standard InChI is InChI=1S/C35H38BrN5O9/c1-6-35(47)23-10-25-30-21(13-41(25)33(45)22(23)14-48-34(35)46)19(20-9-26-27(50-15-49-26)11-24(20)39-30)8-7-17(4)37-31(43)18(5)38-32(44)29(16(2)3)40-28(42)12-36/h9-11,16,18,29,47H,4,6-8,12-15H2,1-3,5H3,(H,37,43)(H,38,44)(H,40,42)/t18-,29-,35-/m0/s1. The number of allylic oxidation sites excluding steroid dienone is 1. The summed E-state index contributed by atoms with van der Waals surface area (Å²) in [6.07, 6.45) is 0.719. The van der Waals surface area contributed by atoms with Gasteiger partial charge in [0.05, 0.1) is 34.3 Å². The number of carbonyl (C=O) groups excluding carboxylic acids is 4. The number of hydrogen-bond acceptors (Lipinski definition) is 10. The van der Waals surface area contributed by atoms with Gasteiger partial charge in [0.1, 0.15) is 18.7 Å². The predicted molar refractivity (Wildman–Crippen MR) is 184 cm³/mol. The summed E-state index contributed by atoms with van der Waals surface area (Å²) in [6.45, 7) is 10.9. The number of alkyl halides is 1. The van der Waals surface area contributed by atoms with Gasteiger partial charge in [-0.1, -0.05) is 43.3 Å². The van der Waals surface area contributed by atoms with Crippen LogP contribution in [0.2, 0.25) is 0 Å². The molecule has 0 bridgehead atoms. The van der Waals surface area contributed by atoms with Crippen LogP contribution in [0.15, 0.2) is 35.3 Å². The molecular weight excluding hydrogens is 714 g/mol. The van der Waals surface area contributed by atoms with E-state index in [1.165, 1.54) is 0 Å². The number of halogens is 1. The first kappa shape index (κ1) is 35.1. The highest BCUT2D eigenvalue weighted by atomic mass is 79.9. The summed E-state index contributed by atoms with van der Waals surface area (Å²) in [5.74, 6) is -1.23. The van der Waals surface area contributed by atoms with E-state index in [9.17, 15) is 29.1 Å². The molecule has 0 saturated heterocycles. The van der Waals surface area contributed by atoms with E-state index in [0.717, 1.165) is 16.5 Å². The number of nitrogens with one attached hydrogen (secondary N) is 3. The second kappa shape index (κ2) is 13.5. The number of ether oxygens (including phenoxy) is 3. The number of aromatic nitrogens is 2. The van der Waals surface area contributed by atoms with E-state index >= 15 is 0 Å². The first-order valence-electron chi connectivity index (χ1n) is 16.3. The maximum atomic E-state index is 13.8. The zero-order valence-electron chi connectivity index (χ0n) is 28.1. The summed E-state index contributed by atoms with van der Waals surface area (Å²) in [4.78, 5) is 69.3. The molecule has 14 nitrogen and oxygen atoms in total. The van der Waals surface area contributed by atoms with Crippen molar-refractivity contribution >= 4 is 50.5 Å². The molecule has 0 radical (unpaired) electrons. The molecule has 2 aromatic heterocycles. The summed E-state index contributed by atoms with van der Waals surface area (Å²) in [6, 6.07) is 3.54. The lowest BCUT2D eigenvalue weighted by Crippen LogP contribution is -2.54. The summed E-state index contributed by atoms with van der Waals surface area (Å²) >= 11 is 3.08. The third-order valence-electron chi connectivity index (χ3n) is 9.42. The molecular formula is C35H38BrN5O9. The number of pyridine rings is 2. The highest BCUT2D eigenvalue weighted by molar-refractivity contribution is 9.09. The summed E-state index contributed by atoms with van der Waals surface area (Å²) < 4.78 is 18.0. The van der Waals surface area contributed by atoms with Crippen molar-refractivity contribution in [3.05, 3.63) is 63.1 Å². The molecule has 3 aliphatic heterocycles. The van der Waals surface area contributed by atoms with Crippen molar-refractivity contribution in [3.8, 4) is 22.9 Å². The van der Waals surface area contributed by atoms with Crippen LogP contribution in [0.1, 0.15) is 62.8 Å². The highest BCUT2D eigenvalue weighted by Gasteiger charge is 2.45. The Morgan fingerprint density at radius 1 is 1.06 bits per heavy atom. The maximum Gasteiger partial charge on any atom is 0.343 e. The fourth-order valence-electron chi connectivity index (χ4n) is 6.57. The molecule has 50 heavy (non-hydrogen) atoms. The first-order valence-corrected chi connectivity index (χ1v) is 17.5. The molecule has 1 aromatic carbocycles. The number of hydrogen-bond donors (Lipinski definition) is 4. The van der Waals surface area contributed by atoms with Crippen LogP contribution >= 0.6 is 15.9 Å². The monoisotopic (exact) mass is 751 g/mol. The number of benzene rings is 1. The quantitative estimate of drug-likeness (QED) is 0.131. The zero-order chi connectivity index (χ0) is 36.1. The number of aliphatic hydroxyl groups is 1. The molecule has 3 amide bonds. The third-order valence-corrected chi connectivity index (χ3v) is 9.93. The molecule has 0 saturated carbocycles. The Morgan fingerprint density at radius 2 is 1.78 bits per heavy atom. The van der Waals surface area contributed by atoms with Gasteiger partial charge in [-0.3, -0.25) is 19.2 Å². The van der Waals surface area contributed by atoms with Gasteiger partial charge < -0.3 is 39.8 Å². The van der Waals surface area contributed by atoms with Crippen LogP contribution in [0.4, 0.5) is 0 Å². The Kier molecular flexibility index (Phi) is 9.48. The van der Waals surface area contributed by atoms with Gasteiger partial charge in [-0.15, -0.1) is 0 Å². The van der Waals surface area contributed by atoms with Crippen molar-refractivity contribution in [2.45, 2.75) is 77.8 Å². The van der Waals surface area contributed by atoms with E-state index in [-0.39, 0.29) is 60.2 Å². The molecule has 0 unspecified atom stereocenters. The average Bonchev–Trinajstić information content (AvgIpc) is 3.70. The Hall–Kier alpha value is -4.76. The number of amides is 3. The van der Waals surface area contributed by atoms with Crippen LogP contribution in [0.5, 0.6) is 11.5 Å². The first-order chi connectivity index (χ1) is 23.8. The van der Waals surface area contributed by atoms with Crippen molar-refractivity contribution < 1.29 is 38.5 Å². The summed E-state index contributed by atoms with van der Waals surface area (Å²) in [7, 11) is 0. The van der Waals surface area contributed by atoms with Gasteiger partial charge in [0.2, 0.25) is 24.5 Å². The minimum absolute atomic E-state index is 0.0244. The van der Waals surface area contributed by atoms with E-state index in [1.807, 2.05) is 6.07 Å². The zero-order valence-corrected chi connectivity index (χ0v) is 29.7. The lowest BCUT2D eigenvalue weighted by molar-refractivity contribution is -0.172. The normalized spacial score (nSPS) is 18.1. The van der Waals surface area contributed by atoms with Crippen LogP contribution in [-0.2, 0) is 49.1 Å². The summed E-state index contributed by atoms with van der Waals surface area (Å²) in [5.41, 5.74) is 1.71. The largest absolute Gasteiger partial charge is 0.458 e. The Morgan fingerprint density at radius 3 is 2.46 bits per heavy atom. The highest BCUT2D eigenvalue weighted by Crippen LogP contribution is 2.43. The van der Waals surface area contributed by atoms with Gasteiger partial charge >= 0.3 is 5.97 Å². The number of fused-ring (bicyclic) bond motifs is 6. The molecule has 0 spiro atoms. The van der Waals surface area contributed by atoms with E-state index in [2.05, 4.69) is 38.5 Å². The number of cyclic esters (lactones) is 1. The minimum atomic E-state index is -1.96. The van der Waals surface area contributed by atoms with Gasteiger partial charge in [-0.05, 0) is 49.8 Å². The van der Waals surface area contributed by atoms with E-state index < -0.39 is 35.5 Å². The lowest BCUT2D eigenvalue weighted by atomic mass is 9.86. The fraction of sp³-hybridized carbons (Fsp3) is 0.429. The molecule has 5 heterocycles. The molecule has 3 aliphatic rings. The molecule has 0 aliphatic carbocycles. The van der Waals surface area contributed by atoms with Crippen molar-refractivity contribution in [1.29, 1.82) is 0 Å². The second-order valence-electron chi connectivity index (χ2n) is 13.0. The predicted octanol–water partition coefficient (Wildman–Crippen LogP) is 2.41. The van der Waals surface area contributed by atoms with Crippen molar-refractivity contribution in [1.82, 2.24) is 25.5 Å². The van der Waals surface area contributed by atoms with Crippen molar-refractivity contribution in [2.24, 2.45) is 5.92 Å². The van der Waals surface area contributed by atoms with E-state index in [4.69, 9.17) is 19.2 Å². The molecule has 3 atom stereocenters. The molecule has 0 fully saturated rings. The van der Waals surface area contributed by atoms with Gasteiger partial charge in [0, 0.05) is 28.3 Å². The molecule has 15 heteroatoms. The van der Waals surface area contributed by atoms with Crippen LogP contribution in [0, 0.1) is 5.92 Å². The van der Waals surface area contributed by atoms with Gasteiger partial charge in [0.15, 0.2) is 17.1 Å². The van der Waals surface area contributed by atoms with Crippen LogP contribution < -0.4 is 31.0 Å². The minimum Gasteiger partial charge on any atom is -0.458 e. The fourth-order valence-corrected chi connectivity index (χ4v) is 6.74. The number of carbonyl (C=O) groups is 4. The molecule has 4 N–H and O–H groups in total. The topological polar surface area (TPSA) is 187 Å². The van der Waals surface area contributed by atoms with Crippen LogP contribution in [-0.4, -0.2) is 62.6 Å². The van der Waals surface area contributed by atoms with Gasteiger partial charge in [-0.25, -0.2) is 9.78 Å². The smallest absolute Gasteiger partial charge is 0.343 e. The summed E-state index contributed by atoms with van der Waals surface area (Å²) in [5, 5.41) is 20.2. The number of rotatable bonds is 11. The number of nitrogens with zero attached hydrogens (tertiary/aromatic N) is 2. The van der Waals surface area contributed by atoms with Gasteiger partial charge in [0.25, 0.3) is 5.56 Å². The number of aryl methyl sites for hydroxylation is 1. The van der Waals surface area contributed by atoms with E-state index in [1.54, 1.807) is 44.4 Å². The SMILES string of the molecule is C=C(CCc1c2c(nc3cc4c(cc13)OCO4)-c1cc3c(c(=O)n1C2)COC(=O)[C@]3(O)CC)NC(=O)[C@H](C)NC(=O)[C@@H](NC(=O)CBr)C(C)C. The Balaban J connectivity index is 1.27. The van der Waals surface area contributed by atoms with Crippen molar-refractivity contribution in [2.75, 3.05) is 12.1 Å². The lowest BCUT2D eigenvalue weighted by Gasteiger charge is -2.31. The second-order valence-corrected chi connectivity index (χ2v) is 13.5. The third kappa shape index (κ3) is 6.12. The Labute approximate surface area is 295 Å². The number of esters is 1. The van der Waals surface area contributed by atoms with Crippen LogP contribution in [0.3, 0.4) is 0 Å². The Bertz CT molecular complexity index is 2030. The molecule has 6 rings (SSSR count). The van der Waals surface area contributed by atoms with E-state index in [0.29, 0.717) is 46.9 Å². The van der Waals surface area contributed by atoms with Crippen molar-refractivity contribution in [3.63, 3.8) is 0 Å². The van der Waals surface area contributed by atoms with Gasteiger partial charge in [-0.2, -0.15) is 0 Å². The molecule has 3 aromatic rings.